The van der Waals surface area contributed by atoms with Crippen LogP contribution < -0.4 is 0 Å². The Morgan fingerprint density at radius 3 is 2.00 bits per heavy atom. The number of alkyl halides is 1. The number of hydrogen-bond donors (Lipinski definition) is 0. The van der Waals surface area contributed by atoms with Crippen LogP contribution in [0.15, 0.2) is 11.6 Å². The first-order valence-electron chi connectivity index (χ1n) is 7.16. The second-order valence-corrected chi connectivity index (χ2v) is 6.17. The van der Waals surface area contributed by atoms with Crippen LogP contribution in [-0.4, -0.2) is 5.33 Å². The van der Waals surface area contributed by atoms with Crippen LogP contribution in [-0.2, 0) is 0 Å². The SMILES string of the molecule is BrCC(=CC1CCCCC1)C1CCCCC1. The average molecular weight is 285 g/mol. The van der Waals surface area contributed by atoms with E-state index in [1.165, 1.54) is 64.2 Å². The summed E-state index contributed by atoms with van der Waals surface area (Å²) in [5.41, 5.74) is 1.73. The van der Waals surface area contributed by atoms with Crippen molar-refractivity contribution in [2.24, 2.45) is 11.8 Å². The third-order valence-electron chi connectivity index (χ3n) is 4.38. The molecule has 1 heteroatoms. The van der Waals surface area contributed by atoms with Crippen molar-refractivity contribution in [3.8, 4) is 0 Å². The quantitative estimate of drug-likeness (QED) is 0.476. The summed E-state index contributed by atoms with van der Waals surface area (Å²) >= 11 is 3.71. The Labute approximate surface area is 109 Å². The number of halogens is 1. The molecule has 0 radical (unpaired) electrons. The second-order valence-electron chi connectivity index (χ2n) is 5.61. The fraction of sp³-hybridized carbons (Fsp3) is 0.867. The van der Waals surface area contributed by atoms with Gasteiger partial charge in [-0.1, -0.05) is 66.1 Å². The minimum Gasteiger partial charge on any atom is -0.0880 e. The van der Waals surface area contributed by atoms with E-state index in [0.717, 1.165) is 17.2 Å². The molecule has 0 N–H and O–H groups in total. The average Bonchev–Trinajstić information content (AvgIpc) is 2.38. The van der Waals surface area contributed by atoms with E-state index in [1.807, 2.05) is 0 Å². The van der Waals surface area contributed by atoms with Crippen molar-refractivity contribution >= 4 is 15.9 Å². The summed E-state index contributed by atoms with van der Waals surface area (Å²) in [6, 6.07) is 0. The molecule has 16 heavy (non-hydrogen) atoms. The first-order valence-corrected chi connectivity index (χ1v) is 8.29. The van der Waals surface area contributed by atoms with Gasteiger partial charge in [0.1, 0.15) is 0 Å². The van der Waals surface area contributed by atoms with Crippen molar-refractivity contribution in [3.63, 3.8) is 0 Å². The highest BCUT2D eigenvalue weighted by Crippen LogP contribution is 2.33. The largest absolute Gasteiger partial charge is 0.0880 e. The van der Waals surface area contributed by atoms with Crippen molar-refractivity contribution < 1.29 is 0 Å². The Morgan fingerprint density at radius 2 is 1.44 bits per heavy atom. The Kier molecular flexibility index (Phi) is 5.41. The van der Waals surface area contributed by atoms with Crippen molar-refractivity contribution in [1.29, 1.82) is 0 Å². The summed E-state index contributed by atoms with van der Waals surface area (Å²) in [5.74, 6) is 1.82. The van der Waals surface area contributed by atoms with E-state index in [-0.39, 0.29) is 0 Å². The second kappa shape index (κ2) is 6.83. The summed E-state index contributed by atoms with van der Waals surface area (Å²) < 4.78 is 0. The van der Waals surface area contributed by atoms with Crippen molar-refractivity contribution in [3.05, 3.63) is 11.6 Å². The van der Waals surface area contributed by atoms with Crippen LogP contribution >= 0.6 is 15.9 Å². The molecular weight excluding hydrogens is 260 g/mol. The zero-order valence-electron chi connectivity index (χ0n) is 10.4. The molecule has 0 aromatic heterocycles. The Morgan fingerprint density at radius 1 is 0.875 bits per heavy atom. The van der Waals surface area contributed by atoms with Gasteiger partial charge in [0, 0.05) is 5.33 Å². The first kappa shape index (κ1) is 12.7. The first-order chi connectivity index (χ1) is 7.90. The molecule has 0 atom stereocenters. The monoisotopic (exact) mass is 284 g/mol. The van der Waals surface area contributed by atoms with Crippen LogP contribution in [0, 0.1) is 11.8 Å². The molecule has 0 aromatic rings. The molecule has 2 aliphatic rings. The summed E-state index contributed by atoms with van der Waals surface area (Å²) in [6.45, 7) is 0. The van der Waals surface area contributed by atoms with Crippen LogP contribution in [0.1, 0.15) is 64.2 Å². The summed E-state index contributed by atoms with van der Waals surface area (Å²) in [6.07, 6.45) is 17.2. The standard InChI is InChI=1S/C15H25Br/c16-12-15(14-9-5-2-6-10-14)11-13-7-3-1-4-8-13/h11,13-14H,1-10,12H2. The molecule has 0 bridgehead atoms. The molecule has 0 heterocycles. The topological polar surface area (TPSA) is 0 Å². The fourth-order valence-electron chi connectivity index (χ4n) is 3.37. The normalized spacial score (nSPS) is 25.9. The van der Waals surface area contributed by atoms with Crippen LogP contribution in [0.2, 0.25) is 0 Å². The molecule has 0 amide bonds. The van der Waals surface area contributed by atoms with Gasteiger partial charge in [0.2, 0.25) is 0 Å². The molecule has 0 aromatic carbocycles. The molecule has 0 spiro atoms. The van der Waals surface area contributed by atoms with Gasteiger partial charge < -0.3 is 0 Å². The third-order valence-corrected chi connectivity index (χ3v) is 5.03. The lowest BCUT2D eigenvalue weighted by Gasteiger charge is -2.26. The molecule has 2 saturated carbocycles. The number of rotatable bonds is 3. The Hall–Kier alpha value is 0.220. The zero-order chi connectivity index (χ0) is 11.2. The summed E-state index contributed by atoms with van der Waals surface area (Å²) in [4.78, 5) is 0. The van der Waals surface area contributed by atoms with Gasteiger partial charge in [-0.3, -0.25) is 0 Å². The highest BCUT2D eigenvalue weighted by atomic mass is 79.9. The van der Waals surface area contributed by atoms with Crippen molar-refractivity contribution in [1.82, 2.24) is 0 Å². The lowest BCUT2D eigenvalue weighted by atomic mass is 9.81. The van der Waals surface area contributed by atoms with Crippen LogP contribution in [0.4, 0.5) is 0 Å². The lowest BCUT2D eigenvalue weighted by molar-refractivity contribution is 0.388. The highest BCUT2D eigenvalue weighted by molar-refractivity contribution is 9.09. The molecule has 0 aliphatic heterocycles. The summed E-state index contributed by atoms with van der Waals surface area (Å²) in [5, 5.41) is 1.12. The maximum absolute atomic E-state index is 3.71. The molecule has 2 aliphatic carbocycles. The van der Waals surface area contributed by atoms with Crippen molar-refractivity contribution in [2.75, 3.05) is 5.33 Å². The molecule has 0 nitrogen and oxygen atoms in total. The van der Waals surface area contributed by atoms with Gasteiger partial charge >= 0.3 is 0 Å². The molecule has 0 unspecified atom stereocenters. The van der Waals surface area contributed by atoms with Gasteiger partial charge in [0.15, 0.2) is 0 Å². The van der Waals surface area contributed by atoms with Gasteiger partial charge in [-0.2, -0.15) is 0 Å². The van der Waals surface area contributed by atoms with E-state index in [2.05, 4.69) is 22.0 Å². The molecular formula is C15H25Br. The van der Waals surface area contributed by atoms with Gasteiger partial charge in [-0.15, -0.1) is 0 Å². The maximum Gasteiger partial charge on any atom is 0.0244 e. The van der Waals surface area contributed by atoms with Gasteiger partial charge in [-0.05, 0) is 37.5 Å². The highest BCUT2D eigenvalue weighted by Gasteiger charge is 2.19. The van der Waals surface area contributed by atoms with E-state index in [9.17, 15) is 0 Å². The molecule has 92 valence electrons. The van der Waals surface area contributed by atoms with Crippen LogP contribution in [0.25, 0.3) is 0 Å². The van der Waals surface area contributed by atoms with Crippen LogP contribution in [0.5, 0.6) is 0 Å². The van der Waals surface area contributed by atoms with Crippen molar-refractivity contribution in [2.45, 2.75) is 64.2 Å². The van der Waals surface area contributed by atoms with E-state index in [4.69, 9.17) is 0 Å². The maximum atomic E-state index is 3.71. The van der Waals surface area contributed by atoms with Crippen LogP contribution in [0.3, 0.4) is 0 Å². The van der Waals surface area contributed by atoms with E-state index in [1.54, 1.807) is 5.57 Å². The number of hydrogen-bond acceptors (Lipinski definition) is 0. The molecule has 2 rings (SSSR count). The minimum atomic E-state index is 0.906. The van der Waals surface area contributed by atoms with Gasteiger partial charge in [0.05, 0.1) is 0 Å². The van der Waals surface area contributed by atoms with E-state index >= 15 is 0 Å². The lowest BCUT2D eigenvalue weighted by Crippen LogP contribution is -2.13. The Balaban J connectivity index is 1.93. The molecule has 0 saturated heterocycles. The predicted octanol–water partition coefficient (Wildman–Crippen LogP) is 5.47. The fourth-order valence-corrected chi connectivity index (χ4v) is 4.01. The Bertz CT molecular complexity index is 220. The summed E-state index contributed by atoms with van der Waals surface area (Å²) in [7, 11) is 0. The van der Waals surface area contributed by atoms with E-state index in [0.29, 0.717) is 0 Å². The van der Waals surface area contributed by atoms with Gasteiger partial charge in [0.25, 0.3) is 0 Å². The zero-order valence-corrected chi connectivity index (χ0v) is 12.0. The predicted molar refractivity (Wildman–Crippen MR) is 75.0 cm³/mol. The van der Waals surface area contributed by atoms with E-state index < -0.39 is 0 Å². The number of allylic oxidation sites excluding steroid dienone is 2. The molecule has 2 fully saturated rings. The van der Waals surface area contributed by atoms with Gasteiger partial charge in [-0.25, -0.2) is 0 Å². The third kappa shape index (κ3) is 3.61. The smallest absolute Gasteiger partial charge is 0.0244 e. The minimum absolute atomic E-state index is 0.906.